The highest BCUT2D eigenvalue weighted by atomic mass is 35.5. The molecule has 1 aromatic rings. The number of hydrogen-bond acceptors (Lipinski definition) is 4. The Labute approximate surface area is 149 Å². The largest absolute Gasteiger partial charge is 0.444 e. The van der Waals surface area contributed by atoms with Gasteiger partial charge in [-0.15, -0.1) is 0 Å². The number of pyridine rings is 1. The molecular weight excluding hydrogens is 326 g/mol. The highest BCUT2D eigenvalue weighted by Crippen LogP contribution is 2.21. The molecule has 2 rings (SSSR count). The monoisotopic (exact) mass is 353 g/mol. The molecule has 24 heavy (non-hydrogen) atoms. The fourth-order valence-corrected chi connectivity index (χ4v) is 3.10. The highest BCUT2D eigenvalue weighted by molar-refractivity contribution is 6.29. The first-order valence-corrected chi connectivity index (χ1v) is 8.91. The maximum atomic E-state index is 12.5. The molecule has 0 radical (unpaired) electrons. The van der Waals surface area contributed by atoms with Crippen LogP contribution in [0.25, 0.3) is 0 Å². The molecule has 1 fully saturated rings. The first kappa shape index (κ1) is 19.0. The van der Waals surface area contributed by atoms with E-state index < -0.39 is 5.60 Å². The molecule has 0 spiro atoms. The zero-order valence-corrected chi connectivity index (χ0v) is 15.8. The van der Waals surface area contributed by atoms with Crippen LogP contribution < -0.4 is 0 Å². The zero-order valence-electron chi connectivity index (χ0n) is 15.1. The molecule has 2 heterocycles. The molecule has 0 aromatic carbocycles. The molecule has 5 nitrogen and oxygen atoms in total. The number of aromatic nitrogens is 1. The summed E-state index contributed by atoms with van der Waals surface area (Å²) in [6, 6.07) is 3.98. The smallest absolute Gasteiger partial charge is 0.410 e. The summed E-state index contributed by atoms with van der Waals surface area (Å²) in [6.07, 6.45) is 4.81. The van der Waals surface area contributed by atoms with Crippen molar-refractivity contribution in [1.29, 1.82) is 0 Å². The van der Waals surface area contributed by atoms with Crippen LogP contribution in [-0.2, 0) is 11.3 Å². The fraction of sp³-hybridized carbons (Fsp3) is 0.667. The van der Waals surface area contributed by atoms with E-state index in [0.29, 0.717) is 5.15 Å². The van der Waals surface area contributed by atoms with Crippen molar-refractivity contribution in [3.63, 3.8) is 0 Å². The average Bonchev–Trinajstić information content (AvgIpc) is 2.48. The molecule has 0 saturated carbocycles. The summed E-state index contributed by atoms with van der Waals surface area (Å²) >= 11 is 5.83. The number of nitrogens with zero attached hydrogens (tertiary/aromatic N) is 3. The minimum Gasteiger partial charge on any atom is -0.444 e. The van der Waals surface area contributed by atoms with Gasteiger partial charge in [-0.1, -0.05) is 17.7 Å². The lowest BCUT2D eigenvalue weighted by Crippen LogP contribution is -2.50. The summed E-state index contributed by atoms with van der Waals surface area (Å²) in [5.74, 6) is 0. The van der Waals surface area contributed by atoms with E-state index >= 15 is 0 Å². The number of piperidine rings is 1. The summed E-state index contributed by atoms with van der Waals surface area (Å²) in [4.78, 5) is 20.7. The van der Waals surface area contributed by atoms with Crippen LogP contribution in [-0.4, -0.2) is 52.7 Å². The number of carbonyl (C=O) groups excluding carboxylic acids is 1. The van der Waals surface area contributed by atoms with Gasteiger partial charge < -0.3 is 14.5 Å². The molecule has 1 unspecified atom stereocenters. The Balaban J connectivity index is 1.94. The van der Waals surface area contributed by atoms with Crippen LogP contribution in [0.4, 0.5) is 4.79 Å². The first-order chi connectivity index (χ1) is 11.2. The summed E-state index contributed by atoms with van der Waals surface area (Å²) < 4.78 is 5.56. The van der Waals surface area contributed by atoms with Crippen LogP contribution in [0.1, 0.15) is 45.6 Å². The second-order valence-electron chi connectivity index (χ2n) is 7.51. The number of hydrogen-bond donors (Lipinski definition) is 0. The summed E-state index contributed by atoms with van der Waals surface area (Å²) in [5, 5.41) is 0.504. The molecule has 1 atom stereocenters. The molecule has 0 bridgehead atoms. The molecule has 1 saturated heterocycles. The third kappa shape index (κ3) is 5.95. The average molecular weight is 354 g/mol. The lowest BCUT2D eigenvalue weighted by atomic mass is 10.0. The van der Waals surface area contributed by atoms with Crippen molar-refractivity contribution in [3.05, 3.63) is 29.0 Å². The van der Waals surface area contributed by atoms with Crippen LogP contribution in [0, 0.1) is 0 Å². The lowest BCUT2D eigenvalue weighted by Gasteiger charge is -2.38. The van der Waals surface area contributed by atoms with Gasteiger partial charge >= 0.3 is 6.09 Å². The van der Waals surface area contributed by atoms with Gasteiger partial charge in [0.1, 0.15) is 10.8 Å². The predicted molar refractivity (Wildman–Crippen MR) is 96.2 cm³/mol. The van der Waals surface area contributed by atoms with Gasteiger partial charge in [-0.05, 0) is 58.7 Å². The van der Waals surface area contributed by atoms with E-state index in [0.717, 1.165) is 44.5 Å². The van der Waals surface area contributed by atoms with Gasteiger partial charge in [-0.3, -0.25) is 0 Å². The van der Waals surface area contributed by atoms with Crippen molar-refractivity contribution >= 4 is 17.7 Å². The van der Waals surface area contributed by atoms with E-state index in [1.165, 1.54) is 0 Å². The minimum absolute atomic E-state index is 0.193. The van der Waals surface area contributed by atoms with E-state index in [-0.39, 0.29) is 12.1 Å². The van der Waals surface area contributed by atoms with Gasteiger partial charge in [0, 0.05) is 31.9 Å². The number of amides is 1. The SMILES string of the molecule is CN(Cc1ccc(Cl)nc1)CC1CCCCN1C(=O)OC(C)(C)C. The Hall–Kier alpha value is -1.33. The van der Waals surface area contributed by atoms with Crippen molar-refractivity contribution in [2.45, 2.75) is 58.2 Å². The Bertz CT molecular complexity index is 542. The van der Waals surface area contributed by atoms with Gasteiger partial charge in [-0.25, -0.2) is 9.78 Å². The van der Waals surface area contributed by atoms with Gasteiger partial charge in [0.25, 0.3) is 0 Å². The Kier molecular flexibility index (Phi) is 6.47. The topological polar surface area (TPSA) is 45.7 Å². The zero-order chi connectivity index (χ0) is 17.7. The van der Waals surface area contributed by atoms with E-state index in [1.54, 1.807) is 12.3 Å². The predicted octanol–water partition coefficient (Wildman–Crippen LogP) is 3.96. The second kappa shape index (κ2) is 8.17. The van der Waals surface area contributed by atoms with Crippen molar-refractivity contribution in [1.82, 2.24) is 14.8 Å². The van der Waals surface area contributed by atoms with Crippen LogP contribution in [0.5, 0.6) is 0 Å². The maximum absolute atomic E-state index is 12.5. The lowest BCUT2D eigenvalue weighted by molar-refractivity contribution is 0.00586. The van der Waals surface area contributed by atoms with Gasteiger partial charge in [-0.2, -0.15) is 0 Å². The summed E-state index contributed by atoms with van der Waals surface area (Å²) in [7, 11) is 2.07. The molecule has 134 valence electrons. The summed E-state index contributed by atoms with van der Waals surface area (Å²) in [5.41, 5.74) is 0.654. The molecule has 0 N–H and O–H groups in total. The standard InChI is InChI=1S/C18H28ClN3O2/c1-18(2,3)24-17(23)22-10-6-5-7-15(22)13-21(4)12-14-8-9-16(19)20-11-14/h8-9,11,15H,5-7,10,12-13H2,1-4H3. The third-order valence-electron chi connectivity index (χ3n) is 4.02. The summed E-state index contributed by atoms with van der Waals surface area (Å²) in [6.45, 7) is 8.09. The molecule has 0 aliphatic carbocycles. The number of rotatable bonds is 4. The molecule has 1 amide bonds. The van der Waals surface area contributed by atoms with Gasteiger partial charge in [0.2, 0.25) is 0 Å². The highest BCUT2D eigenvalue weighted by Gasteiger charge is 2.31. The minimum atomic E-state index is -0.458. The van der Waals surface area contributed by atoms with E-state index in [4.69, 9.17) is 16.3 Å². The number of ether oxygens (including phenoxy) is 1. The molecule has 1 aromatic heterocycles. The normalized spacial score (nSPS) is 18.8. The number of likely N-dealkylation sites (tertiary alicyclic amines) is 1. The van der Waals surface area contributed by atoms with Crippen LogP contribution >= 0.6 is 11.6 Å². The third-order valence-corrected chi connectivity index (χ3v) is 4.24. The van der Waals surface area contributed by atoms with Crippen molar-refractivity contribution < 1.29 is 9.53 Å². The number of likely N-dealkylation sites (N-methyl/N-ethyl adjacent to an activating group) is 1. The van der Waals surface area contributed by atoms with Crippen LogP contribution in [0.15, 0.2) is 18.3 Å². The van der Waals surface area contributed by atoms with Crippen molar-refractivity contribution in [2.75, 3.05) is 20.1 Å². The van der Waals surface area contributed by atoms with E-state index in [9.17, 15) is 4.79 Å². The van der Waals surface area contributed by atoms with Crippen molar-refractivity contribution in [3.8, 4) is 0 Å². The van der Waals surface area contributed by atoms with Gasteiger partial charge in [0.05, 0.1) is 0 Å². The Morgan fingerprint density at radius 1 is 1.42 bits per heavy atom. The Morgan fingerprint density at radius 2 is 2.17 bits per heavy atom. The quantitative estimate of drug-likeness (QED) is 0.769. The van der Waals surface area contributed by atoms with Crippen LogP contribution in [0.3, 0.4) is 0 Å². The molecule has 1 aliphatic heterocycles. The number of halogens is 1. The van der Waals surface area contributed by atoms with Crippen molar-refractivity contribution in [2.24, 2.45) is 0 Å². The molecule has 1 aliphatic rings. The fourth-order valence-electron chi connectivity index (χ4n) is 2.99. The molecular formula is C18H28ClN3O2. The second-order valence-corrected chi connectivity index (χ2v) is 7.90. The Morgan fingerprint density at radius 3 is 2.79 bits per heavy atom. The maximum Gasteiger partial charge on any atom is 0.410 e. The number of carbonyl (C=O) groups is 1. The van der Waals surface area contributed by atoms with E-state index in [1.807, 2.05) is 31.7 Å². The van der Waals surface area contributed by atoms with E-state index in [2.05, 4.69) is 16.9 Å². The first-order valence-electron chi connectivity index (χ1n) is 8.53. The van der Waals surface area contributed by atoms with Gasteiger partial charge in [0.15, 0.2) is 0 Å². The molecule has 6 heteroatoms. The van der Waals surface area contributed by atoms with Crippen LogP contribution in [0.2, 0.25) is 5.15 Å².